The fourth-order valence-corrected chi connectivity index (χ4v) is 2.03. The Morgan fingerprint density at radius 2 is 2.10 bits per heavy atom. The number of hydrogen-bond donors (Lipinski definition) is 1. The quantitative estimate of drug-likeness (QED) is 0.923. The van der Waals surface area contributed by atoms with Crippen molar-refractivity contribution < 1.29 is 17.5 Å². The molecule has 8 heteroatoms. The number of ether oxygens (including phenoxy) is 1. The number of aromatic nitrogens is 1. The number of nitrogens with two attached hydrogens (primary N) is 1. The van der Waals surface area contributed by atoms with Crippen LogP contribution in [0.2, 0.25) is 0 Å². The maximum Gasteiger partial charge on any atom is 0.243 e. The molecule has 0 unspecified atom stereocenters. The molecule has 0 fully saturated rings. The number of nitrogens with zero attached hydrogens (tertiary/aromatic N) is 2. The lowest BCUT2D eigenvalue weighted by Gasteiger charge is -2.08. The summed E-state index contributed by atoms with van der Waals surface area (Å²) in [5.74, 6) is -1.40. The van der Waals surface area contributed by atoms with Gasteiger partial charge in [0.2, 0.25) is 15.9 Å². The predicted molar refractivity (Wildman–Crippen MR) is 66.8 cm³/mol. The lowest BCUT2D eigenvalue weighted by molar-refractivity contribution is 0.415. The summed E-state index contributed by atoms with van der Waals surface area (Å²) in [7, 11) is -4.04. The van der Waals surface area contributed by atoms with Crippen molar-refractivity contribution in [2.75, 3.05) is 0 Å². The van der Waals surface area contributed by atoms with E-state index < -0.39 is 15.8 Å². The van der Waals surface area contributed by atoms with Crippen molar-refractivity contribution in [2.24, 2.45) is 5.14 Å². The van der Waals surface area contributed by atoms with Crippen LogP contribution in [0.5, 0.6) is 11.6 Å². The Morgan fingerprint density at radius 3 is 2.70 bits per heavy atom. The fraction of sp³-hybridized carbons (Fsp3) is 0. The maximum atomic E-state index is 13.7. The van der Waals surface area contributed by atoms with Gasteiger partial charge in [0.1, 0.15) is 4.90 Å². The summed E-state index contributed by atoms with van der Waals surface area (Å²) >= 11 is 0. The smallest absolute Gasteiger partial charge is 0.243 e. The summed E-state index contributed by atoms with van der Waals surface area (Å²) < 4.78 is 41.5. The highest BCUT2D eigenvalue weighted by atomic mass is 32.2. The van der Waals surface area contributed by atoms with Gasteiger partial charge in [-0.05, 0) is 30.3 Å². The van der Waals surface area contributed by atoms with Gasteiger partial charge in [-0.2, -0.15) is 5.26 Å². The summed E-state index contributed by atoms with van der Waals surface area (Å²) in [5.41, 5.74) is 0.113. The SMILES string of the molecule is N#Cc1ccc(Oc2ncccc2S(N)(=O)=O)c(F)c1. The third kappa shape index (κ3) is 2.90. The lowest BCUT2D eigenvalue weighted by atomic mass is 10.2. The molecule has 0 aliphatic rings. The topological polar surface area (TPSA) is 106 Å². The number of benzene rings is 1. The molecule has 1 aromatic carbocycles. The van der Waals surface area contributed by atoms with Gasteiger partial charge in [-0.25, -0.2) is 22.9 Å². The molecule has 102 valence electrons. The Hall–Kier alpha value is -2.50. The first-order chi connectivity index (χ1) is 9.41. The third-order valence-electron chi connectivity index (χ3n) is 2.31. The molecule has 2 rings (SSSR count). The molecule has 20 heavy (non-hydrogen) atoms. The lowest BCUT2D eigenvalue weighted by Crippen LogP contribution is -2.13. The molecule has 0 spiro atoms. The van der Waals surface area contributed by atoms with Crippen LogP contribution in [-0.2, 0) is 10.0 Å². The van der Waals surface area contributed by atoms with Crippen molar-refractivity contribution in [3.63, 3.8) is 0 Å². The van der Waals surface area contributed by atoms with Gasteiger partial charge in [0.15, 0.2) is 11.6 Å². The standard InChI is InChI=1S/C12H8FN3O3S/c13-9-6-8(7-14)3-4-10(9)19-12-11(20(15,17)18)2-1-5-16-12/h1-6H,(H2,15,17,18). The Labute approximate surface area is 114 Å². The third-order valence-corrected chi connectivity index (χ3v) is 3.23. The van der Waals surface area contributed by atoms with Crippen molar-refractivity contribution in [3.05, 3.63) is 47.9 Å². The summed E-state index contributed by atoms with van der Waals surface area (Å²) in [6, 6.07) is 7.83. The van der Waals surface area contributed by atoms with Crippen molar-refractivity contribution in [1.29, 1.82) is 5.26 Å². The van der Waals surface area contributed by atoms with Crippen LogP contribution in [0.15, 0.2) is 41.4 Å². The molecule has 0 saturated carbocycles. The first kappa shape index (κ1) is 13.9. The Balaban J connectivity index is 2.44. The molecule has 0 saturated heterocycles. The number of pyridine rings is 1. The Kier molecular flexibility index (Phi) is 3.65. The Morgan fingerprint density at radius 1 is 1.35 bits per heavy atom. The number of rotatable bonds is 3. The number of sulfonamides is 1. The van der Waals surface area contributed by atoms with Gasteiger partial charge in [0.25, 0.3) is 0 Å². The normalized spacial score (nSPS) is 10.8. The molecule has 0 amide bonds. The number of halogens is 1. The average molecular weight is 293 g/mol. The van der Waals surface area contributed by atoms with E-state index in [1.807, 2.05) is 0 Å². The van der Waals surface area contributed by atoms with Gasteiger partial charge >= 0.3 is 0 Å². The van der Waals surface area contributed by atoms with E-state index in [9.17, 15) is 12.8 Å². The molecule has 0 radical (unpaired) electrons. The summed E-state index contributed by atoms with van der Waals surface area (Å²) in [4.78, 5) is 3.35. The van der Waals surface area contributed by atoms with Crippen molar-refractivity contribution >= 4 is 10.0 Å². The molecule has 0 bridgehead atoms. The highest BCUT2D eigenvalue weighted by Gasteiger charge is 2.17. The van der Waals surface area contributed by atoms with Gasteiger partial charge in [0.05, 0.1) is 11.6 Å². The van der Waals surface area contributed by atoms with Gasteiger partial charge in [-0.1, -0.05) is 0 Å². The number of nitriles is 1. The molecule has 6 nitrogen and oxygen atoms in total. The largest absolute Gasteiger partial charge is 0.435 e. The highest BCUT2D eigenvalue weighted by Crippen LogP contribution is 2.27. The van der Waals surface area contributed by atoms with E-state index in [0.29, 0.717) is 0 Å². The second-order valence-electron chi connectivity index (χ2n) is 3.71. The molecule has 0 atom stereocenters. The minimum absolute atomic E-state index is 0.113. The molecular weight excluding hydrogens is 285 g/mol. The van der Waals surface area contributed by atoms with Crippen LogP contribution < -0.4 is 9.88 Å². The average Bonchev–Trinajstić information content (AvgIpc) is 2.40. The van der Waals surface area contributed by atoms with Crippen LogP contribution in [0.4, 0.5) is 4.39 Å². The van der Waals surface area contributed by atoms with E-state index in [-0.39, 0.29) is 22.1 Å². The number of primary sulfonamides is 1. The first-order valence-electron chi connectivity index (χ1n) is 5.27. The molecule has 1 aromatic heterocycles. The van der Waals surface area contributed by atoms with Gasteiger partial charge in [-0.3, -0.25) is 0 Å². The Bertz CT molecular complexity index is 800. The van der Waals surface area contributed by atoms with E-state index in [4.69, 9.17) is 15.1 Å². The highest BCUT2D eigenvalue weighted by molar-refractivity contribution is 7.89. The predicted octanol–water partition coefficient (Wildman–Crippen LogP) is 1.53. The second kappa shape index (κ2) is 5.24. The summed E-state index contributed by atoms with van der Waals surface area (Å²) in [5, 5.41) is 13.6. The van der Waals surface area contributed by atoms with Crippen LogP contribution in [-0.4, -0.2) is 13.4 Å². The number of hydrogen-bond acceptors (Lipinski definition) is 5. The molecule has 2 aromatic rings. The molecule has 2 N–H and O–H groups in total. The maximum absolute atomic E-state index is 13.7. The minimum atomic E-state index is -4.04. The van der Waals surface area contributed by atoms with Gasteiger partial charge < -0.3 is 4.74 Å². The van der Waals surface area contributed by atoms with Crippen molar-refractivity contribution in [2.45, 2.75) is 4.90 Å². The zero-order chi connectivity index (χ0) is 14.8. The van der Waals surface area contributed by atoms with Crippen LogP contribution in [0.25, 0.3) is 0 Å². The summed E-state index contributed by atoms with van der Waals surface area (Å²) in [6.07, 6.45) is 1.28. The first-order valence-corrected chi connectivity index (χ1v) is 6.82. The zero-order valence-corrected chi connectivity index (χ0v) is 10.8. The molecular formula is C12H8FN3O3S. The van der Waals surface area contributed by atoms with E-state index in [2.05, 4.69) is 4.98 Å². The molecule has 1 heterocycles. The van der Waals surface area contributed by atoms with E-state index in [0.717, 1.165) is 6.07 Å². The molecule has 0 aliphatic heterocycles. The monoisotopic (exact) mass is 293 g/mol. The summed E-state index contributed by atoms with van der Waals surface area (Å²) in [6.45, 7) is 0. The molecule has 0 aliphatic carbocycles. The van der Waals surface area contributed by atoms with Gasteiger partial charge in [0, 0.05) is 6.20 Å². The van der Waals surface area contributed by atoms with Crippen molar-refractivity contribution in [3.8, 4) is 17.7 Å². The fourth-order valence-electron chi connectivity index (χ4n) is 1.43. The van der Waals surface area contributed by atoms with Crippen LogP contribution in [0.3, 0.4) is 0 Å². The van der Waals surface area contributed by atoms with E-state index in [1.54, 1.807) is 6.07 Å². The van der Waals surface area contributed by atoms with Crippen LogP contribution >= 0.6 is 0 Å². The zero-order valence-electron chi connectivity index (χ0n) is 9.95. The van der Waals surface area contributed by atoms with Crippen LogP contribution in [0.1, 0.15) is 5.56 Å². The second-order valence-corrected chi connectivity index (χ2v) is 5.24. The van der Waals surface area contributed by atoms with Gasteiger partial charge in [-0.15, -0.1) is 0 Å². The minimum Gasteiger partial charge on any atom is -0.435 e. The van der Waals surface area contributed by atoms with E-state index in [1.165, 1.54) is 30.5 Å². The van der Waals surface area contributed by atoms with Crippen molar-refractivity contribution in [1.82, 2.24) is 4.98 Å². The van der Waals surface area contributed by atoms with Crippen LogP contribution in [0, 0.1) is 17.1 Å². The van der Waals surface area contributed by atoms with E-state index >= 15 is 0 Å².